The lowest BCUT2D eigenvalue weighted by molar-refractivity contribution is -0.00219. The number of ether oxygens (including phenoxy) is 1. The van der Waals surface area contributed by atoms with Gasteiger partial charge in [0.05, 0.1) is 20.4 Å². The molecule has 27 heavy (non-hydrogen) atoms. The smallest absolute Gasteiger partial charge is 0.265 e. The molecule has 0 amide bonds. The van der Waals surface area contributed by atoms with E-state index in [1.807, 2.05) is 13.0 Å². The van der Waals surface area contributed by atoms with Gasteiger partial charge in [-0.15, -0.1) is 0 Å². The standard InChI is InChI=1S/C19H20ClF2NO3S/c1-12-4-3-5-14(8-12)27(24,25)19(2)6-7-26-16(10-19)17-15(20)9-13(11-23-17)18(21)22/h3-5,8-9,11,16,18H,6-7,10H2,1-2H3. The van der Waals surface area contributed by atoms with E-state index in [-0.39, 0.29) is 34.2 Å². The molecule has 3 rings (SSSR count). The molecule has 2 aromatic rings. The van der Waals surface area contributed by atoms with Crippen molar-refractivity contribution >= 4 is 21.4 Å². The fourth-order valence-electron chi connectivity index (χ4n) is 3.28. The van der Waals surface area contributed by atoms with Gasteiger partial charge in [0.25, 0.3) is 6.43 Å². The molecule has 2 heterocycles. The number of hydrogen-bond acceptors (Lipinski definition) is 4. The summed E-state index contributed by atoms with van der Waals surface area (Å²) in [6.45, 7) is 3.73. The van der Waals surface area contributed by atoms with Gasteiger partial charge in [-0.1, -0.05) is 23.7 Å². The average molecular weight is 416 g/mol. The Kier molecular flexibility index (Phi) is 5.57. The predicted molar refractivity (Wildman–Crippen MR) is 98.9 cm³/mol. The van der Waals surface area contributed by atoms with Gasteiger partial charge < -0.3 is 4.74 Å². The Balaban J connectivity index is 1.93. The highest BCUT2D eigenvalue weighted by atomic mass is 35.5. The van der Waals surface area contributed by atoms with Crippen molar-refractivity contribution < 1.29 is 21.9 Å². The Labute approximate surface area is 162 Å². The number of rotatable bonds is 4. The molecule has 4 nitrogen and oxygen atoms in total. The van der Waals surface area contributed by atoms with E-state index in [0.717, 1.165) is 17.8 Å². The van der Waals surface area contributed by atoms with E-state index < -0.39 is 27.1 Å². The summed E-state index contributed by atoms with van der Waals surface area (Å²) in [7, 11) is -3.63. The highest BCUT2D eigenvalue weighted by molar-refractivity contribution is 7.92. The van der Waals surface area contributed by atoms with Crippen LogP contribution in [0.4, 0.5) is 8.78 Å². The molecular weight excluding hydrogens is 396 g/mol. The van der Waals surface area contributed by atoms with Crippen LogP contribution in [0, 0.1) is 6.92 Å². The summed E-state index contributed by atoms with van der Waals surface area (Å²) < 4.78 is 56.8. The van der Waals surface area contributed by atoms with Crippen molar-refractivity contribution in [2.45, 2.75) is 48.9 Å². The third-order valence-electron chi connectivity index (χ3n) is 4.96. The van der Waals surface area contributed by atoms with Crippen molar-refractivity contribution in [2.24, 2.45) is 0 Å². The maximum Gasteiger partial charge on any atom is 0.265 e. The fourth-order valence-corrected chi connectivity index (χ4v) is 5.46. The molecule has 2 atom stereocenters. The van der Waals surface area contributed by atoms with E-state index >= 15 is 0 Å². The zero-order valence-electron chi connectivity index (χ0n) is 15.0. The average Bonchev–Trinajstić information content (AvgIpc) is 2.61. The van der Waals surface area contributed by atoms with E-state index in [9.17, 15) is 17.2 Å². The van der Waals surface area contributed by atoms with Crippen molar-refractivity contribution in [1.82, 2.24) is 4.98 Å². The summed E-state index contributed by atoms with van der Waals surface area (Å²) in [6, 6.07) is 7.93. The summed E-state index contributed by atoms with van der Waals surface area (Å²) >= 11 is 6.13. The second kappa shape index (κ2) is 7.45. The summed E-state index contributed by atoms with van der Waals surface area (Å²) in [5.41, 5.74) is 0.858. The molecule has 1 saturated heterocycles. The zero-order valence-corrected chi connectivity index (χ0v) is 16.5. The summed E-state index contributed by atoms with van der Waals surface area (Å²) in [6.07, 6.45) is -1.84. The SMILES string of the molecule is Cc1cccc(S(=O)(=O)C2(C)CCOC(c3ncc(C(F)F)cc3Cl)C2)c1. The van der Waals surface area contributed by atoms with E-state index in [2.05, 4.69) is 4.98 Å². The van der Waals surface area contributed by atoms with Gasteiger partial charge in [0, 0.05) is 18.4 Å². The fraction of sp³-hybridized carbons (Fsp3) is 0.421. The highest BCUT2D eigenvalue weighted by Crippen LogP contribution is 2.43. The van der Waals surface area contributed by atoms with Crippen LogP contribution in [0.1, 0.15) is 49.1 Å². The van der Waals surface area contributed by atoms with E-state index in [4.69, 9.17) is 16.3 Å². The number of alkyl halides is 2. The molecule has 1 aliphatic rings. The first-order chi connectivity index (χ1) is 12.6. The quantitative estimate of drug-likeness (QED) is 0.699. The van der Waals surface area contributed by atoms with Crippen LogP contribution in [-0.4, -0.2) is 24.8 Å². The molecule has 0 radical (unpaired) electrons. The molecule has 0 aliphatic carbocycles. The summed E-state index contributed by atoms with van der Waals surface area (Å²) in [5, 5.41) is 0.0509. The van der Waals surface area contributed by atoms with Crippen LogP contribution in [0.3, 0.4) is 0 Å². The largest absolute Gasteiger partial charge is 0.372 e. The molecule has 0 bridgehead atoms. The molecule has 2 unspecified atom stereocenters. The minimum Gasteiger partial charge on any atom is -0.372 e. The molecule has 1 aliphatic heterocycles. The van der Waals surface area contributed by atoms with Gasteiger partial charge in [0.15, 0.2) is 9.84 Å². The van der Waals surface area contributed by atoms with Crippen molar-refractivity contribution in [2.75, 3.05) is 6.61 Å². The molecular formula is C19H20ClF2NO3S. The number of benzene rings is 1. The first kappa shape index (κ1) is 20.2. The minimum atomic E-state index is -3.63. The van der Waals surface area contributed by atoms with Gasteiger partial charge in [-0.25, -0.2) is 17.2 Å². The molecule has 1 aromatic heterocycles. The number of nitrogens with zero attached hydrogens (tertiary/aromatic N) is 1. The molecule has 146 valence electrons. The second-order valence-corrected chi connectivity index (χ2v) is 9.89. The normalized spacial score (nSPS) is 23.6. The molecule has 0 spiro atoms. The van der Waals surface area contributed by atoms with Gasteiger partial charge in [-0.05, 0) is 50.5 Å². The van der Waals surface area contributed by atoms with Crippen LogP contribution in [0.5, 0.6) is 0 Å². The lowest BCUT2D eigenvalue weighted by atomic mass is 9.94. The lowest BCUT2D eigenvalue weighted by Gasteiger charge is -2.37. The van der Waals surface area contributed by atoms with Gasteiger partial charge in [-0.3, -0.25) is 4.98 Å². The van der Waals surface area contributed by atoms with Gasteiger partial charge in [0.2, 0.25) is 0 Å². The number of halogens is 3. The number of hydrogen-bond donors (Lipinski definition) is 0. The van der Waals surface area contributed by atoms with Crippen molar-refractivity contribution in [1.29, 1.82) is 0 Å². The number of pyridine rings is 1. The van der Waals surface area contributed by atoms with Crippen molar-refractivity contribution in [3.63, 3.8) is 0 Å². The number of aromatic nitrogens is 1. The van der Waals surface area contributed by atoms with Gasteiger partial charge >= 0.3 is 0 Å². The van der Waals surface area contributed by atoms with Crippen LogP contribution in [-0.2, 0) is 14.6 Å². The molecule has 0 N–H and O–H groups in total. The Morgan fingerprint density at radius 3 is 2.70 bits per heavy atom. The highest BCUT2D eigenvalue weighted by Gasteiger charge is 2.45. The lowest BCUT2D eigenvalue weighted by Crippen LogP contribution is -2.42. The van der Waals surface area contributed by atoms with E-state index in [1.54, 1.807) is 25.1 Å². The first-order valence-corrected chi connectivity index (χ1v) is 10.4. The zero-order chi connectivity index (χ0) is 19.8. The van der Waals surface area contributed by atoms with Gasteiger partial charge in [0.1, 0.15) is 6.10 Å². The van der Waals surface area contributed by atoms with Crippen LogP contribution >= 0.6 is 11.6 Å². The Hall–Kier alpha value is -1.57. The number of sulfone groups is 1. The van der Waals surface area contributed by atoms with E-state index in [0.29, 0.717) is 6.42 Å². The van der Waals surface area contributed by atoms with Crippen molar-refractivity contribution in [3.05, 3.63) is 58.4 Å². The number of aryl methyl sites for hydroxylation is 1. The summed E-state index contributed by atoms with van der Waals surface area (Å²) in [4.78, 5) is 4.29. The van der Waals surface area contributed by atoms with Gasteiger partial charge in [-0.2, -0.15) is 0 Å². The monoisotopic (exact) mass is 415 g/mol. The Morgan fingerprint density at radius 1 is 1.33 bits per heavy atom. The molecule has 0 saturated carbocycles. The Morgan fingerprint density at radius 2 is 2.07 bits per heavy atom. The third-order valence-corrected chi connectivity index (χ3v) is 7.81. The minimum absolute atomic E-state index is 0.0509. The second-order valence-electron chi connectivity index (χ2n) is 7.02. The van der Waals surface area contributed by atoms with Crippen LogP contribution < -0.4 is 0 Å². The van der Waals surface area contributed by atoms with Crippen LogP contribution in [0.15, 0.2) is 41.4 Å². The molecule has 1 fully saturated rings. The Bertz CT molecular complexity index is 952. The maximum absolute atomic E-state index is 13.3. The van der Waals surface area contributed by atoms with E-state index in [1.165, 1.54) is 0 Å². The van der Waals surface area contributed by atoms with Crippen molar-refractivity contribution in [3.8, 4) is 0 Å². The maximum atomic E-state index is 13.3. The topological polar surface area (TPSA) is 56.3 Å². The molecule has 1 aromatic carbocycles. The van der Waals surface area contributed by atoms with Crippen LogP contribution in [0.2, 0.25) is 5.02 Å². The first-order valence-electron chi connectivity index (χ1n) is 8.50. The summed E-state index contributed by atoms with van der Waals surface area (Å²) in [5.74, 6) is 0. The van der Waals surface area contributed by atoms with Crippen LogP contribution in [0.25, 0.3) is 0 Å². The predicted octanol–water partition coefficient (Wildman–Crippen LogP) is 5.07. The molecule has 8 heteroatoms. The third kappa shape index (κ3) is 3.86.